The predicted molar refractivity (Wildman–Crippen MR) is 81.6 cm³/mol. The molecule has 3 nitrogen and oxygen atoms in total. The van der Waals surface area contributed by atoms with Crippen molar-refractivity contribution in [1.82, 2.24) is 4.98 Å². The molecule has 3 rings (SSSR count). The van der Waals surface area contributed by atoms with Gasteiger partial charge in [0, 0.05) is 9.35 Å². The van der Waals surface area contributed by atoms with E-state index < -0.39 is 0 Å². The molecule has 0 bridgehead atoms. The van der Waals surface area contributed by atoms with Gasteiger partial charge < -0.3 is 10.5 Å². The van der Waals surface area contributed by atoms with E-state index >= 15 is 0 Å². The SMILES string of the molecule is COc1ccc(Br)cc1-c1nc(C)c(C2(N)CC2)s1. The van der Waals surface area contributed by atoms with E-state index in [1.54, 1.807) is 18.4 Å². The van der Waals surface area contributed by atoms with E-state index in [1.807, 2.05) is 25.1 Å². The van der Waals surface area contributed by atoms with E-state index in [1.165, 1.54) is 4.88 Å². The van der Waals surface area contributed by atoms with Gasteiger partial charge in [-0.3, -0.25) is 0 Å². The molecule has 0 aliphatic heterocycles. The lowest BCUT2D eigenvalue weighted by Gasteiger charge is -2.06. The summed E-state index contributed by atoms with van der Waals surface area (Å²) in [6.07, 6.45) is 2.12. The fraction of sp³-hybridized carbons (Fsp3) is 0.357. The van der Waals surface area contributed by atoms with Crippen molar-refractivity contribution in [1.29, 1.82) is 0 Å². The van der Waals surface area contributed by atoms with Crippen molar-refractivity contribution >= 4 is 27.3 Å². The van der Waals surface area contributed by atoms with Gasteiger partial charge in [0.1, 0.15) is 10.8 Å². The molecule has 2 aromatic rings. The van der Waals surface area contributed by atoms with Crippen LogP contribution in [0.25, 0.3) is 10.6 Å². The lowest BCUT2D eigenvalue weighted by molar-refractivity contribution is 0.416. The Kier molecular flexibility index (Phi) is 3.15. The lowest BCUT2D eigenvalue weighted by atomic mass is 10.2. The van der Waals surface area contributed by atoms with Crippen LogP contribution in [0.5, 0.6) is 5.75 Å². The van der Waals surface area contributed by atoms with E-state index in [0.717, 1.165) is 39.3 Å². The molecule has 1 aromatic carbocycles. The quantitative estimate of drug-likeness (QED) is 0.924. The molecule has 1 aliphatic carbocycles. The van der Waals surface area contributed by atoms with Crippen LogP contribution in [0.2, 0.25) is 0 Å². The number of aromatic nitrogens is 1. The highest BCUT2D eigenvalue weighted by Gasteiger charge is 2.43. The van der Waals surface area contributed by atoms with Gasteiger partial charge in [-0.1, -0.05) is 15.9 Å². The first-order valence-electron chi connectivity index (χ1n) is 6.14. The van der Waals surface area contributed by atoms with Gasteiger partial charge in [0.05, 0.1) is 23.9 Å². The number of ether oxygens (including phenoxy) is 1. The largest absolute Gasteiger partial charge is 0.496 e. The number of nitrogens with zero attached hydrogens (tertiary/aromatic N) is 1. The Morgan fingerprint density at radius 2 is 2.16 bits per heavy atom. The Balaban J connectivity index is 2.10. The molecule has 2 N–H and O–H groups in total. The molecule has 0 atom stereocenters. The molecule has 1 aliphatic rings. The highest BCUT2D eigenvalue weighted by Crippen LogP contribution is 2.48. The number of nitrogens with two attached hydrogens (primary N) is 1. The smallest absolute Gasteiger partial charge is 0.129 e. The minimum absolute atomic E-state index is 0.126. The van der Waals surface area contributed by atoms with Gasteiger partial charge in [0.2, 0.25) is 0 Å². The Morgan fingerprint density at radius 3 is 2.79 bits per heavy atom. The van der Waals surface area contributed by atoms with Crippen LogP contribution in [0, 0.1) is 6.92 Å². The molecule has 1 saturated carbocycles. The number of methoxy groups -OCH3 is 1. The third kappa shape index (κ3) is 2.30. The van der Waals surface area contributed by atoms with Crippen molar-refractivity contribution in [2.24, 2.45) is 5.73 Å². The van der Waals surface area contributed by atoms with Gasteiger partial charge in [-0.25, -0.2) is 4.98 Å². The second kappa shape index (κ2) is 4.58. The van der Waals surface area contributed by atoms with Crippen molar-refractivity contribution in [3.63, 3.8) is 0 Å². The van der Waals surface area contributed by atoms with Crippen LogP contribution in [0.3, 0.4) is 0 Å². The molecule has 0 unspecified atom stereocenters. The summed E-state index contributed by atoms with van der Waals surface area (Å²) < 4.78 is 6.44. The zero-order chi connectivity index (χ0) is 13.6. The maximum atomic E-state index is 6.29. The predicted octanol–water partition coefficient (Wildman–Crippen LogP) is 3.84. The van der Waals surface area contributed by atoms with Crippen LogP contribution in [0.15, 0.2) is 22.7 Å². The first-order valence-corrected chi connectivity index (χ1v) is 7.75. The summed E-state index contributed by atoms with van der Waals surface area (Å²) >= 11 is 5.18. The molecular formula is C14H15BrN2OS. The zero-order valence-corrected chi connectivity index (χ0v) is 13.3. The van der Waals surface area contributed by atoms with Gasteiger partial charge in [-0.15, -0.1) is 11.3 Å². The average molecular weight is 339 g/mol. The molecule has 0 amide bonds. The van der Waals surface area contributed by atoms with Gasteiger partial charge in [-0.05, 0) is 38.0 Å². The summed E-state index contributed by atoms with van der Waals surface area (Å²) in [5.41, 5.74) is 8.22. The van der Waals surface area contributed by atoms with Crippen LogP contribution in [0.4, 0.5) is 0 Å². The van der Waals surface area contributed by atoms with E-state index in [2.05, 4.69) is 20.9 Å². The maximum Gasteiger partial charge on any atom is 0.129 e. The fourth-order valence-electron chi connectivity index (χ4n) is 2.18. The van der Waals surface area contributed by atoms with Crippen molar-refractivity contribution < 1.29 is 4.74 Å². The first kappa shape index (κ1) is 13.1. The van der Waals surface area contributed by atoms with E-state index in [-0.39, 0.29) is 5.54 Å². The molecule has 1 heterocycles. The maximum absolute atomic E-state index is 6.29. The van der Waals surface area contributed by atoms with Crippen LogP contribution in [0.1, 0.15) is 23.4 Å². The monoisotopic (exact) mass is 338 g/mol. The zero-order valence-electron chi connectivity index (χ0n) is 10.9. The average Bonchev–Trinajstić information content (AvgIpc) is 3.00. The lowest BCUT2D eigenvalue weighted by Crippen LogP contribution is -2.18. The minimum Gasteiger partial charge on any atom is -0.496 e. The summed E-state index contributed by atoms with van der Waals surface area (Å²) in [7, 11) is 1.68. The number of aryl methyl sites for hydroxylation is 1. The van der Waals surface area contributed by atoms with Crippen LogP contribution < -0.4 is 10.5 Å². The van der Waals surface area contributed by atoms with Gasteiger partial charge in [-0.2, -0.15) is 0 Å². The van der Waals surface area contributed by atoms with Crippen LogP contribution in [-0.4, -0.2) is 12.1 Å². The molecule has 1 fully saturated rings. The number of benzene rings is 1. The Hall–Kier alpha value is -0.910. The van der Waals surface area contributed by atoms with E-state index in [4.69, 9.17) is 10.5 Å². The third-order valence-electron chi connectivity index (χ3n) is 3.43. The second-order valence-corrected chi connectivity index (χ2v) is 6.85. The number of halogens is 1. The van der Waals surface area contributed by atoms with E-state index in [9.17, 15) is 0 Å². The van der Waals surface area contributed by atoms with Crippen molar-refractivity contribution in [2.45, 2.75) is 25.3 Å². The fourth-order valence-corrected chi connectivity index (χ4v) is 3.79. The molecular weight excluding hydrogens is 324 g/mol. The summed E-state index contributed by atoms with van der Waals surface area (Å²) in [4.78, 5) is 5.89. The number of hydrogen-bond donors (Lipinski definition) is 1. The molecule has 100 valence electrons. The first-order chi connectivity index (χ1) is 9.03. The normalized spacial score (nSPS) is 16.4. The molecule has 0 saturated heterocycles. The van der Waals surface area contributed by atoms with E-state index in [0.29, 0.717) is 0 Å². The third-order valence-corrected chi connectivity index (χ3v) is 5.33. The number of rotatable bonds is 3. The summed E-state index contributed by atoms with van der Waals surface area (Å²) in [6, 6.07) is 5.96. The summed E-state index contributed by atoms with van der Waals surface area (Å²) in [5.74, 6) is 0.838. The summed E-state index contributed by atoms with van der Waals surface area (Å²) in [5, 5.41) is 0.974. The molecule has 0 radical (unpaired) electrons. The standard InChI is InChI=1S/C14H15BrN2OS/c1-8-12(14(16)5-6-14)19-13(17-8)10-7-9(15)3-4-11(10)18-2/h3-4,7H,5-6,16H2,1-2H3. The number of hydrogen-bond acceptors (Lipinski definition) is 4. The van der Waals surface area contributed by atoms with Crippen molar-refractivity contribution in [3.8, 4) is 16.3 Å². The summed E-state index contributed by atoms with van der Waals surface area (Å²) in [6.45, 7) is 2.03. The van der Waals surface area contributed by atoms with Gasteiger partial charge in [0.25, 0.3) is 0 Å². The van der Waals surface area contributed by atoms with Crippen molar-refractivity contribution in [3.05, 3.63) is 33.2 Å². The Morgan fingerprint density at radius 1 is 1.42 bits per heavy atom. The topological polar surface area (TPSA) is 48.1 Å². The van der Waals surface area contributed by atoms with Gasteiger partial charge in [0.15, 0.2) is 0 Å². The Labute approximate surface area is 124 Å². The minimum atomic E-state index is -0.126. The molecule has 0 spiro atoms. The second-order valence-electron chi connectivity index (χ2n) is 4.93. The highest BCUT2D eigenvalue weighted by atomic mass is 79.9. The molecule has 19 heavy (non-hydrogen) atoms. The molecule has 1 aromatic heterocycles. The Bertz CT molecular complexity index is 634. The highest BCUT2D eigenvalue weighted by molar-refractivity contribution is 9.10. The van der Waals surface area contributed by atoms with Crippen molar-refractivity contribution in [2.75, 3.05) is 7.11 Å². The van der Waals surface area contributed by atoms with Crippen LogP contribution >= 0.6 is 27.3 Å². The number of thiazole rings is 1. The van der Waals surface area contributed by atoms with Gasteiger partial charge >= 0.3 is 0 Å². The van der Waals surface area contributed by atoms with Crippen LogP contribution in [-0.2, 0) is 5.54 Å². The molecule has 5 heteroatoms.